The number of hydrogen-bond donors (Lipinski definition) is 1. The number of carbonyl (C=O) groups is 1. The molecular formula is C12H16N2O3. The molecule has 1 fully saturated rings. The van der Waals surface area contributed by atoms with Gasteiger partial charge in [-0.2, -0.15) is 0 Å². The van der Waals surface area contributed by atoms with E-state index in [-0.39, 0.29) is 12.2 Å². The molecule has 0 spiro atoms. The molecule has 1 aromatic rings. The summed E-state index contributed by atoms with van der Waals surface area (Å²) in [6.45, 7) is 1.22. The van der Waals surface area contributed by atoms with Crippen LogP contribution in [0.25, 0.3) is 0 Å². The molecule has 1 aromatic carbocycles. The molecule has 2 N–H and O–H groups in total. The van der Waals surface area contributed by atoms with Crippen LogP contribution < -0.4 is 10.5 Å². The van der Waals surface area contributed by atoms with Gasteiger partial charge in [0.2, 0.25) is 0 Å². The molecular weight excluding hydrogens is 220 g/mol. The second-order valence-corrected chi connectivity index (χ2v) is 4.02. The van der Waals surface area contributed by atoms with E-state index in [1.54, 1.807) is 11.0 Å². The first-order chi connectivity index (χ1) is 8.19. The zero-order chi connectivity index (χ0) is 12.3. The second-order valence-electron chi connectivity index (χ2n) is 4.02. The van der Waals surface area contributed by atoms with E-state index in [0.29, 0.717) is 18.8 Å². The van der Waals surface area contributed by atoms with Gasteiger partial charge in [0, 0.05) is 24.7 Å². The van der Waals surface area contributed by atoms with Crippen molar-refractivity contribution in [1.29, 1.82) is 0 Å². The maximum atomic E-state index is 11.3. The Morgan fingerprint density at radius 1 is 1.53 bits per heavy atom. The number of benzene rings is 1. The Balaban J connectivity index is 1.92. The van der Waals surface area contributed by atoms with Crippen LogP contribution in [0.5, 0.6) is 5.75 Å². The molecule has 1 saturated heterocycles. The number of anilines is 1. The molecule has 0 aromatic heterocycles. The summed E-state index contributed by atoms with van der Waals surface area (Å²) in [5.74, 6) is 0.738. The number of hydrogen-bond acceptors (Lipinski definition) is 4. The quantitative estimate of drug-likeness (QED) is 0.790. The SMILES string of the molecule is COC(=O)N1CC[C@H](Oc2cccc(N)c2)C1. The van der Waals surface area contributed by atoms with Gasteiger partial charge in [0.15, 0.2) is 0 Å². The van der Waals surface area contributed by atoms with Crippen molar-refractivity contribution < 1.29 is 14.3 Å². The van der Waals surface area contributed by atoms with Gasteiger partial charge in [-0.3, -0.25) is 0 Å². The summed E-state index contributed by atoms with van der Waals surface area (Å²) in [5, 5.41) is 0. The van der Waals surface area contributed by atoms with Crippen LogP contribution in [0.2, 0.25) is 0 Å². The van der Waals surface area contributed by atoms with Crippen LogP contribution in [-0.2, 0) is 4.74 Å². The van der Waals surface area contributed by atoms with Crippen LogP contribution in [0.15, 0.2) is 24.3 Å². The molecule has 2 rings (SSSR count). The van der Waals surface area contributed by atoms with Gasteiger partial charge < -0.3 is 20.1 Å². The molecule has 1 aliphatic rings. The van der Waals surface area contributed by atoms with Crippen molar-refractivity contribution in [1.82, 2.24) is 4.90 Å². The highest BCUT2D eigenvalue weighted by molar-refractivity contribution is 5.67. The molecule has 5 heteroatoms. The fraction of sp³-hybridized carbons (Fsp3) is 0.417. The van der Waals surface area contributed by atoms with Crippen LogP contribution in [0, 0.1) is 0 Å². The third-order valence-corrected chi connectivity index (χ3v) is 2.74. The minimum atomic E-state index is -0.302. The molecule has 0 aliphatic carbocycles. The van der Waals surface area contributed by atoms with Gasteiger partial charge >= 0.3 is 6.09 Å². The normalized spacial score (nSPS) is 19.1. The Bertz CT molecular complexity index is 408. The van der Waals surface area contributed by atoms with Crippen molar-refractivity contribution in [2.75, 3.05) is 25.9 Å². The maximum Gasteiger partial charge on any atom is 0.409 e. The van der Waals surface area contributed by atoms with Crippen molar-refractivity contribution in [2.24, 2.45) is 0 Å². The predicted molar refractivity (Wildman–Crippen MR) is 63.9 cm³/mol. The molecule has 0 bridgehead atoms. The van der Waals surface area contributed by atoms with Crippen LogP contribution in [0.4, 0.5) is 10.5 Å². The average molecular weight is 236 g/mol. The molecule has 0 radical (unpaired) electrons. The van der Waals surface area contributed by atoms with Crippen LogP contribution in [0.3, 0.4) is 0 Å². The lowest BCUT2D eigenvalue weighted by Gasteiger charge is -2.16. The molecule has 1 heterocycles. The smallest absolute Gasteiger partial charge is 0.409 e. The molecule has 5 nitrogen and oxygen atoms in total. The van der Waals surface area contributed by atoms with Crippen molar-refractivity contribution in [2.45, 2.75) is 12.5 Å². The van der Waals surface area contributed by atoms with Gasteiger partial charge in [0.25, 0.3) is 0 Å². The van der Waals surface area contributed by atoms with E-state index in [2.05, 4.69) is 4.74 Å². The topological polar surface area (TPSA) is 64.8 Å². The van der Waals surface area contributed by atoms with Crippen molar-refractivity contribution in [3.05, 3.63) is 24.3 Å². The monoisotopic (exact) mass is 236 g/mol. The minimum absolute atomic E-state index is 0.0101. The predicted octanol–water partition coefficient (Wildman–Crippen LogP) is 1.49. The third kappa shape index (κ3) is 2.81. The largest absolute Gasteiger partial charge is 0.488 e. The summed E-state index contributed by atoms with van der Waals surface area (Å²) in [6, 6.07) is 7.29. The highest BCUT2D eigenvalue weighted by Crippen LogP contribution is 2.20. The van der Waals surface area contributed by atoms with E-state index in [4.69, 9.17) is 10.5 Å². The van der Waals surface area contributed by atoms with E-state index in [1.807, 2.05) is 18.2 Å². The van der Waals surface area contributed by atoms with Gasteiger partial charge in [0.05, 0.1) is 13.7 Å². The van der Waals surface area contributed by atoms with Gasteiger partial charge in [-0.05, 0) is 12.1 Å². The Labute approximate surface area is 100 Å². The lowest BCUT2D eigenvalue weighted by Crippen LogP contribution is -2.30. The van der Waals surface area contributed by atoms with Crippen LogP contribution in [-0.4, -0.2) is 37.3 Å². The summed E-state index contributed by atoms with van der Waals surface area (Å²) >= 11 is 0. The Morgan fingerprint density at radius 3 is 3.06 bits per heavy atom. The van der Waals surface area contributed by atoms with Gasteiger partial charge in [-0.25, -0.2) is 4.79 Å². The van der Waals surface area contributed by atoms with E-state index in [1.165, 1.54) is 7.11 Å². The van der Waals surface area contributed by atoms with Gasteiger partial charge in [0.1, 0.15) is 11.9 Å². The molecule has 1 atom stereocenters. The number of ether oxygens (including phenoxy) is 2. The molecule has 17 heavy (non-hydrogen) atoms. The van der Waals surface area contributed by atoms with Crippen molar-refractivity contribution >= 4 is 11.8 Å². The first kappa shape index (κ1) is 11.6. The Morgan fingerprint density at radius 2 is 2.35 bits per heavy atom. The lowest BCUT2D eigenvalue weighted by atomic mass is 10.3. The number of nitrogens with zero attached hydrogens (tertiary/aromatic N) is 1. The molecule has 0 saturated carbocycles. The number of carbonyl (C=O) groups excluding carboxylic acids is 1. The van der Waals surface area contributed by atoms with Crippen molar-refractivity contribution in [3.63, 3.8) is 0 Å². The number of methoxy groups -OCH3 is 1. The first-order valence-corrected chi connectivity index (χ1v) is 5.54. The number of rotatable bonds is 2. The summed E-state index contributed by atoms with van der Waals surface area (Å²) in [6.07, 6.45) is 0.517. The molecule has 0 unspecified atom stereocenters. The fourth-order valence-corrected chi connectivity index (χ4v) is 1.90. The number of amides is 1. The van der Waals surface area contributed by atoms with Crippen LogP contribution in [0.1, 0.15) is 6.42 Å². The highest BCUT2D eigenvalue weighted by atomic mass is 16.5. The first-order valence-electron chi connectivity index (χ1n) is 5.54. The van der Waals surface area contributed by atoms with E-state index >= 15 is 0 Å². The van der Waals surface area contributed by atoms with E-state index in [9.17, 15) is 4.79 Å². The number of nitrogens with two attached hydrogens (primary N) is 1. The fourth-order valence-electron chi connectivity index (χ4n) is 1.90. The summed E-state index contributed by atoms with van der Waals surface area (Å²) in [5.41, 5.74) is 6.34. The maximum absolute atomic E-state index is 11.3. The van der Waals surface area contributed by atoms with Gasteiger partial charge in [-0.15, -0.1) is 0 Å². The molecule has 92 valence electrons. The zero-order valence-electron chi connectivity index (χ0n) is 9.76. The van der Waals surface area contributed by atoms with E-state index < -0.39 is 0 Å². The summed E-state index contributed by atoms with van der Waals surface area (Å²) < 4.78 is 10.4. The Kier molecular flexibility index (Phi) is 3.37. The standard InChI is InChI=1S/C12H16N2O3/c1-16-12(15)14-6-5-11(8-14)17-10-4-2-3-9(13)7-10/h2-4,7,11H,5-6,8,13H2,1H3/t11-/m0/s1. The van der Waals surface area contributed by atoms with E-state index in [0.717, 1.165) is 12.2 Å². The zero-order valence-corrected chi connectivity index (χ0v) is 9.76. The third-order valence-electron chi connectivity index (χ3n) is 2.74. The lowest BCUT2D eigenvalue weighted by molar-refractivity contribution is 0.125. The molecule has 1 aliphatic heterocycles. The second kappa shape index (κ2) is 4.95. The Hall–Kier alpha value is -1.91. The summed E-state index contributed by atoms with van der Waals surface area (Å²) in [4.78, 5) is 12.9. The van der Waals surface area contributed by atoms with Crippen molar-refractivity contribution in [3.8, 4) is 5.75 Å². The van der Waals surface area contributed by atoms with Crippen LogP contribution >= 0.6 is 0 Å². The number of nitrogen functional groups attached to an aromatic ring is 1. The summed E-state index contributed by atoms with van der Waals surface area (Å²) in [7, 11) is 1.38. The minimum Gasteiger partial charge on any atom is -0.488 e. The molecule has 1 amide bonds. The number of likely N-dealkylation sites (tertiary alicyclic amines) is 1. The van der Waals surface area contributed by atoms with Gasteiger partial charge in [-0.1, -0.05) is 6.07 Å². The average Bonchev–Trinajstić information content (AvgIpc) is 2.76. The highest BCUT2D eigenvalue weighted by Gasteiger charge is 2.28.